The number of phenols is 1. The van der Waals surface area contributed by atoms with E-state index >= 15 is 0 Å². The molecule has 3 nitrogen and oxygen atoms in total. The van der Waals surface area contributed by atoms with E-state index in [1.54, 1.807) is 0 Å². The highest BCUT2D eigenvalue weighted by atomic mass is 79.9. The fraction of sp³-hybridized carbons (Fsp3) is 0.125. The molecule has 0 saturated carbocycles. The maximum absolute atomic E-state index is 11.0. The summed E-state index contributed by atoms with van der Waals surface area (Å²) in [6, 6.07) is 4.36. The molecule has 0 bridgehead atoms. The van der Waals surface area contributed by atoms with Crippen LogP contribution in [0.25, 0.3) is 0 Å². The van der Waals surface area contributed by atoms with Gasteiger partial charge in [-0.2, -0.15) is 0 Å². The van der Waals surface area contributed by atoms with Crippen molar-refractivity contribution in [3.05, 3.63) is 28.2 Å². The molecule has 0 unspecified atom stereocenters. The van der Waals surface area contributed by atoms with Gasteiger partial charge in [-0.25, -0.2) is 4.79 Å². The number of benzene rings is 1. The highest BCUT2D eigenvalue weighted by molar-refractivity contribution is 9.10. The second-order valence-corrected chi connectivity index (χ2v) is 3.01. The summed E-state index contributed by atoms with van der Waals surface area (Å²) in [5.41, 5.74) is 0.398. The Balaban J connectivity index is 3.09. The highest BCUT2D eigenvalue weighted by Crippen LogP contribution is 2.22. The van der Waals surface area contributed by atoms with Gasteiger partial charge in [-0.15, -0.1) is 0 Å². The number of ether oxygens (including phenoxy) is 1. The molecule has 1 rings (SSSR count). The van der Waals surface area contributed by atoms with E-state index in [1.165, 1.54) is 25.3 Å². The summed E-state index contributed by atoms with van der Waals surface area (Å²) in [4.78, 5) is 11.0. The van der Waals surface area contributed by atoms with Crippen LogP contribution in [0.4, 0.5) is 0 Å². The summed E-state index contributed by atoms with van der Waals surface area (Å²) in [6.45, 7) is 0. The molecule has 0 radical (unpaired) electrons. The second kappa shape index (κ2) is 3.58. The molecule has 0 aromatic heterocycles. The SMILES string of the molecule is COC(=O)c1ccc(O)cc1Br. The molecule has 0 spiro atoms. The Hall–Kier alpha value is -1.03. The smallest absolute Gasteiger partial charge is 0.339 e. The summed E-state index contributed by atoms with van der Waals surface area (Å²) < 4.78 is 5.03. The predicted molar refractivity (Wildman–Crippen MR) is 47.1 cm³/mol. The standard InChI is InChI=1S/C8H7BrO3/c1-12-8(11)6-3-2-5(10)4-7(6)9/h2-4,10H,1H3. The van der Waals surface area contributed by atoms with Crippen LogP contribution in [0.1, 0.15) is 10.4 Å². The van der Waals surface area contributed by atoms with Crippen molar-refractivity contribution in [2.45, 2.75) is 0 Å². The zero-order valence-corrected chi connectivity index (χ0v) is 7.96. The van der Waals surface area contributed by atoms with Gasteiger partial charge in [-0.1, -0.05) is 0 Å². The van der Waals surface area contributed by atoms with Crippen molar-refractivity contribution in [3.63, 3.8) is 0 Å². The molecule has 0 heterocycles. The lowest BCUT2D eigenvalue weighted by atomic mass is 10.2. The minimum atomic E-state index is -0.429. The maximum atomic E-state index is 11.0. The Morgan fingerprint density at radius 3 is 2.75 bits per heavy atom. The molecule has 0 atom stereocenters. The zero-order valence-electron chi connectivity index (χ0n) is 6.37. The Morgan fingerprint density at radius 2 is 2.25 bits per heavy atom. The number of hydrogen-bond donors (Lipinski definition) is 1. The van der Waals surface area contributed by atoms with Crippen molar-refractivity contribution >= 4 is 21.9 Å². The summed E-state index contributed by atoms with van der Waals surface area (Å²) in [6.07, 6.45) is 0. The molecule has 1 N–H and O–H groups in total. The number of rotatable bonds is 1. The van der Waals surface area contributed by atoms with E-state index in [0.29, 0.717) is 10.0 Å². The molecular formula is C8H7BrO3. The van der Waals surface area contributed by atoms with Crippen LogP contribution in [0.5, 0.6) is 5.75 Å². The lowest BCUT2D eigenvalue weighted by Gasteiger charge is -2.01. The number of carbonyl (C=O) groups excluding carboxylic acids is 1. The number of carbonyl (C=O) groups is 1. The van der Waals surface area contributed by atoms with Gasteiger partial charge in [0.25, 0.3) is 0 Å². The van der Waals surface area contributed by atoms with Gasteiger partial charge >= 0.3 is 5.97 Å². The number of hydrogen-bond acceptors (Lipinski definition) is 3. The second-order valence-electron chi connectivity index (χ2n) is 2.16. The zero-order chi connectivity index (χ0) is 9.14. The van der Waals surface area contributed by atoms with Gasteiger partial charge < -0.3 is 9.84 Å². The number of aromatic hydroxyl groups is 1. The molecule has 12 heavy (non-hydrogen) atoms. The first-order valence-electron chi connectivity index (χ1n) is 3.22. The third kappa shape index (κ3) is 1.76. The molecule has 0 fully saturated rings. The average Bonchev–Trinajstić information content (AvgIpc) is 2.03. The van der Waals surface area contributed by atoms with Crippen LogP contribution in [0.15, 0.2) is 22.7 Å². The van der Waals surface area contributed by atoms with Gasteiger partial charge in [0.15, 0.2) is 0 Å². The molecule has 1 aromatic carbocycles. The molecule has 1 aromatic rings. The van der Waals surface area contributed by atoms with E-state index in [1.807, 2.05) is 0 Å². The molecule has 64 valence electrons. The van der Waals surface area contributed by atoms with Crippen LogP contribution >= 0.6 is 15.9 Å². The first kappa shape index (κ1) is 9.06. The van der Waals surface area contributed by atoms with E-state index in [9.17, 15) is 4.79 Å². The maximum Gasteiger partial charge on any atom is 0.339 e. The first-order valence-corrected chi connectivity index (χ1v) is 4.01. The van der Waals surface area contributed by atoms with Crippen molar-refractivity contribution < 1.29 is 14.6 Å². The van der Waals surface area contributed by atoms with Gasteiger partial charge in [0, 0.05) is 4.47 Å². The largest absolute Gasteiger partial charge is 0.508 e. The molecule has 0 aliphatic carbocycles. The summed E-state index contributed by atoms with van der Waals surface area (Å²) in [5, 5.41) is 9.01. The van der Waals surface area contributed by atoms with Crippen LogP contribution in [0, 0.1) is 0 Å². The van der Waals surface area contributed by atoms with E-state index in [2.05, 4.69) is 20.7 Å². The van der Waals surface area contributed by atoms with Gasteiger partial charge in [0.2, 0.25) is 0 Å². The van der Waals surface area contributed by atoms with Crippen molar-refractivity contribution in [1.29, 1.82) is 0 Å². The van der Waals surface area contributed by atoms with Gasteiger partial charge in [-0.05, 0) is 34.1 Å². The highest BCUT2D eigenvalue weighted by Gasteiger charge is 2.09. The minimum absolute atomic E-state index is 0.106. The van der Waals surface area contributed by atoms with Gasteiger partial charge in [0.1, 0.15) is 5.75 Å². The van der Waals surface area contributed by atoms with E-state index in [4.69, 9.17) is 5.11 Å². The third-order valence-corrected chi connectivity index (χ3v) is 2.01. The van der Waals surface area contributed by atoms with Crippen LogP contribution in [0.3, 0.4) is 0 Å². The van der Waals surface area contributed by atoms with Crippen molar-refractivity contribution in [3.8, 4) is 5.75 Å². The van der Waals surface area contributed by atoms with E-state index in [-0.39, 0.29) is 5.75 Å². The van der Waals surface area contributed by atoms with Gasteiger partial charge in [-0.3, -0.25) is 0 Å². The number of phenolic OH excluding ortho intramolecular Hbond substituents is 1. The fourth-order valence-electron chi connectivity index (χ4n) is 0.780. The fourth-order valence-corrected chi connectivity index (χ4v) is 1.31. The van der Waals surface area contributed by atoms with Crippen molar-refractivity contribution in [2.24, 2.45) is 0 Å². The van der Waals surface area contributed by atoms with Crippen LogP contribution in [-0.4, -0.2) is 18.2 Å². The van der Waals surface area contributed by atoms with Crippen LogP contribution in [-0.2, 0) is 4.74 Å². The van der Waals surface area contributed by atoms with E-state index < -0.39 is 5.97 Å². The number of esters is 1. The lowest BCUT2D eigenvalue weighted by Crippen LogP contribution is -2.01. The normalized spacial score (nSPS) is 9.50. The Morgan fingerprint density at radius 1 is 1.58 bits per heavy atom. The topological polar surface area (TPSA) is 46.5 Å². The molecule has 0 saturated heterocycles. The summed E-state index contributed by atoms with van der Waals surface area (Å²) in [7, 11) is 1.31. The van der Waals surface area contributed by atoms with Crippen LogP contribution < -0.4 is 0 Å². The molecule has 0 aliphatic heterocycles. The molecule has 0 aliphatic rings. The quantitative estimate of drug-likeness (QED) is 0.751. The van der Waals surface area contributed by atoms with Crippen LogP contribution in [0.2, 0.25) is 0 Å². The third-order valence-electron chi connectivity index (χ3n) is 1.36. The average molecular weight is 231 g/mol. The number of halogens is 1. The summed E-state index contributed by atoms with van der Waals surface area (Å²) >= 11 is 3.13. The Kier molecular flexibility index (Phi) is 2.70. The molecule has 0 amide bonds. The Labute approximate surface area is 78.1 Å². The van der Waals surface area contributed by atoms with Crippen molar-refractivity contribution in [2.75, 3.05) is 7.11 Å². The number of methoxy groups -OCH3 is 1. The predicted octanol–water partition coefficient (Wildman–Crippen LogP) is 1.94. The molecule has 4 heteroatoms. The van der Waals surface area contributed by atoms with Crippen molar-refractivity contribution in [1.82, 2.24) is 0 Å². The van der Waals surface area contributed by atoms with Gasteiger partial charge in [0.05, 0.1) is 12.7 Å². The minimum Gasteiger partial charge on any atom is -0.508 e. The monoisotopic (exact) mass is 230 g/mol. The summed E-state index contributed by atoms with van der Waals surface area (Å²) in [5.74, 6) is -0.323. The molecular weight excluding hydrogens is 224 g/mol. The Bertz CT molecular complexity index is 309. The van der Waals surface area contributed by atoms with E-state index in [0.717, 1.165) is 0 Å². The lowest BCUT2D eigenvalue weighted by molar-refractivity contribution is 0.0599. The first-order chi connectivity index (χ1) is 5.65.